The van der Waals surface area contributed by atoms with Crippen LogP contribution in [0.25, 0.3) is 87.2 Å². The topological polar surface area (TPSA) is 0 Å². The summed E-state index contributed by atoms with van der Waals surface area (Å²) in [6.45, 7) is 0. The predicted octanol–water partition coefficient (Wildman–Crippen LogP) is 12.5. The summed E-state index contributed by atoms with van der Waals surface area (Å²) in [5, 5.41) is 12.7. The second-order valence-electron chi connectivity index (χ2n) is 11.7. The van der Waals surface area contributed by atoms with Gasteiger partial charge < -0.3 is 0 Å². The molecule has 0 saturated carbocycles. The number of hydrogen-bond acceptors (Lipinski definition) is 0. The monoisotopic (exact) mass is 556 g/mol. The summed E-state index contributed by atoms with van der Waals surface area (Å²) >= 11 is 0. The molecule has 0 amide bonds. The molecule has 0 aromatic heterocycles. The molecule has 0 radical (unpaired) electrons. The lowest BCUT2D eigenvalue weighted by molar-refractivity contribution is 1.64. The third kappa shape index (κ3) is 3.92. The summed E-state index contributed by atoms with van der Waals surface area (Å²) in [6, 6.07) is 62.4. The molecule has 0 unspecified atom stereocenters. The molecule has 0 aliphatic carbocycles. The highest BCUT2D eigenvalue weighted by Crippen LogP contribution is 2.47. The Morgan fingerprint density at radius 2 is 0.705 bits per heavy atom. The predicted molar refractivity (Wildman–Crippen MR) is 190 cm³/mol. The van der Waals surface area contributed by atoms with Gasteiger partial charge in [-0.1, -0.05) is 152 Å². The SMILES string of the molecule is c1ccc(-c2ccc3cc(-c4c5ccccc5c(-c5ccc6ccccc6c5)c5ccc6ccccc6c45)ccc3c2)cc1. The molecule has 0 aliphatic heterocycles. The van der Waals surface area contributed by atoms with Crippen LogP contribution in [0.1, 0.15) is 0 Å². The highest BCUT2D eigenvalue weighted by molar-refractivity contribution is 6.28. The fraction of sp³-hybridized carbons (Fsp3) is 0. The molecule has 44 heavy (non-hydrogen) atoms. The van der Waals surface area contributed by atoms with Crippen molar-refractivity contribution >= 4 is 53.9 Å². The largest absolute Gasteiger partial charge is 0.0622 e. The van der Waals surface area contributed by atoms with Gasteiger partial charge in [0, 0.05) is 0 Å². The molecule has 0 spiro atoms. The lowest BCUT2D eigenvalue weighted by Gasteiger charge is -2.20. The fourth-order valence-corrected chi connectivity index (χ4v) is 7.12. The smallest absolute Gasteiger partial charge is 0.00141 e. The van der Waals surface area contributed by atoms with Gasteiger partial charge in [0.1, 0.15) is 0 Å². The lowest BCUT2D eigenvalue weighted by Crippen LogP contribution is -1.92. The Bertz CT molecular complexity index is 2540. The molecule has 0 nitrogen and oxygen atoms in total. The number of fused-ring (bicyclic) bond motifs is 6. The summed E-state index contributed by atoms with van der Waals surface area (Å²) in [4.78, 5) is 0. The average molecular weight is 557 g/mol. The van der Waals surface area contributed by atoms with Crippen molar-refractivity contribution < 1.29 is 0 Å². The van der Waals surface area contributed by atoms with Crippen LogP contribution in [0.5, 0.6) is 0 Å². The van der Waals surface area contributed by atoms with E-state index >= 15 is 0 Å². The van der Waals surface area contributed by atoms with Crippen molar-refractivity contribution in [2.45, 2.75) is 0 Å². The minimum Gasteiger partial charge on any atom is -0.0622 e. The van der Waals surface area contributed by atoms with Gasteiger partial charge in [-0.25, -0.2) is 0 Å². The first-order valence-corrected chi connectivity index (χ1v) is 15.3. The Kier molecular flexibility index (Phi) is 5.61. The first-order chi connectivity index (χ1) is 21.8. The van der Waals surface area contributed by atoms with Crippen molar-refractivity contribution in [1.29, 1.82) is 0 Å². The van der Waals surface area contributed by atoms with Crippen LogP contribution in [0, 0.1) is 0 Å². The van der Waals surface area contributed by atoms with Crippen LogP contribution in [0.15, 0.2) is 170 Å². The molecular weight excluding hydrogens is 528 g/mol. The van der Waals surface area contributed by atoms with Crippen LogP contribution < -0.4 is 0 Å². The Morgan fingerprint density at radius 1 is 0.227 bits per heavy atom. The van der Waals surface area contributed by atoms with Gasteiger partial charge in [-0.05, 0) is 105 Å². The normalized spacial score (nSPS) is 11.6. The second kappa shape index (κ2) is 9.93. The molecular formula is C44H28. The van der Waals surface area contributed by atoms with E-state index in [1.54, 1.807) is 0 Å². The molecule has 0 atom stereocenters. The first kappa shape index (κ1) is 24.8. The van der Waals surface area contributed by atoms with E-state index in [0.717, 1.165) is 0 Å². The van der Waals surface area contributed by atoms with Crippen molar-refractivity contribution in [3.05, 3.63) is 170 Å². The minimum absolute atomic E-state index is 1.24. The zero-order valence-corrected chi connectivity index (χ0v) is 24.2. The summed E-state index contributed by atoms with van der Waals surface area (Å²) in [5.74, 6) is 0. The van der Waals surface area contributed by atoms with E-state index in [2.05, 4.69) is 170 Å². The van der Waals surface area contributed by atoms with E-state index in [9.17, 15) is 0 Å². The van der Waals surface area contributed by atoms with Crippen LogP contribution in [-0.2, 0) is 0 Å². The number of hydrogen-bond donors (Lipinski definition) is 0. The van der Waals surface area contributed by atoms with Gasteiger partial charge >= 0.3 is 0 Å². The molecule has 0 heterocycles. The first-order valence-electron chi connectivity index (χ1n) is 15.3. The zero-order chi connectivity index (χ0) is 29.0. The Hall–Kier alpha value is -5.72. The molecule has 9 rings (SSSR count). The molecule has 204 valence electrons. The Labute approximate surface area is 256 Å². The third-order valence-corrected chi connectivity index (χ3v) is 9.19. The van der Waals surface area contributed by atoms with Gasteiger partial charge in [0.2, 0.25) is 0 Å². The van der Waals surface area contributed by atoms with Crippen LogP contribution in [0.3, 0.4) is 0 Å². The molecule has 0 N–H and O–H groups in total. The van der Waals surface area contributed by atoms with Crippen molar-refractivity contribution in [2.75, 3.05) is 0 Å². The van der Waals surface area contributed by atoms with Crippen molar-refractivity contribution in [3.63, 3.8) is 0 Å². The minimum atomic E-state index is 1.24. The average Bonchev–Trinajstić information content (AvgIpc) is 3.10. The zero-order valence-electron chi connectivity index (χ0n) is 24.2. The van der Waals surface area contributed by atoms with Crippen molar-refractivity contribution in [3.8, 4) is 33.4 Å². The van der Waals surface area contributed by atoms with E-state index in [1.807, 2.05) is 0 Å². The van der Waals surface area contributed by atoms with E-state index in [4.69, 9.17) is 0 Å². The highest BCUT2D eigenvalue weighted by Gasteiger charge is 2.19. The van der Waals surface area contributed by atoms with Gasteiger partial charge in [0.25, 0.3) is 0 Å². The maximum atomic E-state index is 2.38. The summed E-state index contributed by atoms with van der Waals surface area (Å²) < 4.78 is 0. The third-order valence-electron chi connectivity index (χ3n) is 9.19. The fourth-order valence-electron chi connectivity index (χ4n) is 7.12. The van der Waals surface area contributed by atoms with Crippen molar-refractivity contribution in [1.82, 2.24) is 0 Å². The van der Waals surface area contributed by atoms with Crippen LogP contribution in [-0.4, -0.2) is 0 Å². The second-order valence-corrected chi connectivity index (χ2v) is 11.7. The molecule has 0 aliphatic rings. The standard InChI is InChI=1S/C44H28/c1-2-10-29(11-3-1)33-19-20-35-28-37(23-21-34(35)26-33)43-40-17-9-8-16-39(40)42(36-22-18-30-12-4-5-14-32(30)27-36)41-25-24-31-13-6-7-15-38(31)44(41)43/h1-28H. The summed E-state index contributed by atoms with van der Waals surface area (Å²) in [5.41, 5.74) is 7.57. The Balaban J connectivity index is 1.37. The molecule has 0 bridgehead atoms. The summed E-state index contributed by atoms with van der Waals surface area (Å²) in [6.07, 6.45) is 0. The van der Waals surface area contributed by atoms with Gasteiger partial charge in [0.05, 0.1) is 0 Å². The van der Waals surface area contributed by atoms with E-state index < -0.39 is 0 Å². The van der Waals surface area contributed by atoms with Crippen molar-refractivity contribution in [2.24, 2.45) is 0 Å². The Morgan fingerprint density at radius 3 is 1.45 bits per heavy atom. The van der Waals surface area contributed by atoms with E-state index in [-0.39, 0.29) is 0 Å². The summed E-state index contributed by atoms with van der Waals surface area (Å²) in [7, 11) is 0. The van der Waals surface area contributed by atoms with Gasteiger partial charge in [0.15, 0.2) is 0 Å². The number of benzene rings is 9. The highest BCUT2D eigenvalue weighted by atomic mass is 14.2. The number of rotatable bonds is 3. The molecule has 0 fully saturated rings. The van der Waals surface area contributed by atoms with Crippen LogP contribution in [0.4, 0.5) is 0 Å². The van der Waals surface area contributed by atoms with Gasteiger partial charge in [-0.2, -0.15) is 0 Å². The van der Waals surface area contributed by atoms with E-state index in [0.29, 0.717) is 0 Å². The molecule has 9 aromatic carbocycles. The molecule has 0 saturated heterocycles. The van der Waals surface area contributed by atoms with E-state index in [1.165, 1.54) is 87.2 Å². The van der Waals surface area contributed by atoms with Gasteiger partial charge in [-0.15, -0.1) is 0 Å². The maximum Gasteiger partial charge on any atom is -0.00141 e. The van der Waals surface area contributed by atoms with Gasteiger partial charge in [-0.3, -0.25) is 0 Å². The maximum absolute atomic E-state index is 2.38. The molecule has 9 aromatic rings. The molecule has 0 heteroatoms. The van der Waals surface area contributed by atoms with Crippen LogP contribution >= 0.6 is 0 Å². The quantitative estimate of drug-likeness (QED) is 0.150. The lowest BCUT2D eigenvalue weighted by atomic mass is 9.83. The van der Waals surface area contributed by atoms with Crippen LogP contribution in [0.2, 0.25) is 0 Å².